The quantitative estimate of drug-likeness (QED) is 0.818. The highest BCUT2D eigenvalue weighted by molar-refractivity contribution is 5.78. The highest BCUT2D eigenvalue weighted by Gasteiger charge is 2.37. The molecular formula is C17H29NO4. The monoisotopic (exact) mass is 311 g/mol. The number of carbonyl (C=O) groups is 2. The maximum atomic E-state index is 12.4. The van der Waals surface area contributed by atoms with Gasteiger partial charge in [0.2, 0.25) is 5.91 Å². The number of ether oxygens (including phenoxy) is 1. The van der Waals surface area contributed by atoms with E-state index in [9.17, 15) is 9.59 Å². The van der Waals surface area contributed by atoms with E-state index in [2.05, 4.69) is 19.2 Å². The van der Waals surface area contributed by atoms with Crippen LogP contribution in [0.15, 0.2) is 0 Å². The summed E-state index contributed by atoms with van der Waals surface area (Å²) in [6.07, 6.45) is 6.20. The maximum Gasteiger partial charge on any atom is 0.305 e. The van der Waals surface area contributed by atoms with E-state index in [4.69, 9.17) is 9.84 Å². The molecule has 1 amide bonds. The van der Waals surface area contributed by atoms with Crippen LogP contribution in [0.1, 0.15) is 65.2 Å². The molecule has 0 aromatic carbocycles. The number of hydrogen-bond acceptors (Lipinski definition) is 3. The van der Waals surface area contributed by atoms with Crippen LogP contribution in [0.4, 0.5) is 0 Å². The van der Waals surface area contributed by atoms with Crippen LogP contribution in [0.25, 0.3) is 0 Å². The molecule has 0 bridgehead atoms. The fourth-order valence-corrected chi connectivity index (χ4v) is 3.67. The van der Waals surface area contributed by atoms with E-state index in [1.54, 1.807) is 0 Å². The van der Waals surface area contributed by atoms with E-state index >= 15 is 0 Å². The molecule has 2 rings (SSSR count). The van der Waals surface area contributed by atoms with Gasteiger partial charge in [-0.2, -0.15) is 0 Å². The lowest BCUT2D eigenvalue weighted by Crippen LogP contribution is -2.53. The first-order valence-electron chi connectivity index (χ1n) is 8.41. The van der Waals surface area contributed by atoms with Crippen molar-refractivity contribution in [2.24, 2.45) is 11.3 Å². The van der Waals surface area contributed by atoms with E-state index in [0.717, 1.165) is 12.8 Å². The number of carbonyl (C=O) groups excluding carboxylic acids is 1. The van der Waals surface area contributed by atoms with Crippen LogP contribution in [-0.4, -0.2) is 35.7 Å². The molecule has 1 aliphatic carbocycles. The average Bonchev–Trinajstić information content (AvgIpc) is 2.41. The molecule has 0 spiro atoms. The van der Waals surface area contributed by atoms with Gasteiger partial charge in [0.15, 0.2) is 0 Å². The molecule has 126 valence electrons. The number of aliphatic carboxylic acids is 1. The predicted octanol–water partition coefficient (Wildman–Crippen LogP) is 2.73. The lowest BCUT2D eigenvalue weighted by atomic mass is 9.72. The Kier molecular flexibility index (Phi) is 5.48. The topological polar surface area (TPSA) is 75.6 Å². The number of carboxylic acid groups (broad SMARTS) is 1. The molecule has 0 unspecified atom stereocenters. The zero-order valence-corrected chi connectivity index (χ0v) is 13.8. The largest absolute Gasteiger partial charge is 0.481 e. The molecular weight excluding hydrogens is 282 g/mol. The second-order valence-electron chi connectivity index (χ2n) is 7.82. The minimum atomic E-state index is -0.860. The summed E-state index contributed by atoms with van der Waals surface area (Å²) < 4.78 is 5.32. The number of amides is 1. The van der Waals surface area contributed by atoms with Crippen molar-refractivity contribution in [3.05, 3.63) is 0 Å². The summed E-state index contributed by atoms with van der Waals surface area (Å²) in [6, 6.07) is 0. The minimum absolute atomic E-state index is 0.00727. The normalized spacial score (nSPS) is 24.6. The van der Waals surface area contributed by atoms with Gasteiger partial charge >= 0.3 is 5.97 Å². The Bertz CT molecular complexity index is 403. The van der Waals surface area contributed by atoms with Crippen LogP contribution >= 0.6 is 0 Å². The molecule has 5 heteroatoms. The second-order valence-corrected chi connectivity index (χ2v) is 7.82. The maximum absolute atomic E-state index is 12.4. The van der Waals surface area contributed by atoms with Gasteiger partial charge in [-0.3, -0.25) is 9.59 Å². The van der Waals surface area contributed by atoms with Crippen LogP contribution in [0.2, 0.25) is 0 Å². The Morgan fingerprint density at radius 1 is 1.14 bits per heavy atom. The third kappa shape index (κ3) is 4.97. The summed E-state index contributed by atoms with van der Waals surface area (Å²) in [5, 5.41) is 12.2. The predicted molar refractivity (Wildman–Crippen MR) is 83.5 cm³/mol. The molecule has 22 heavy (non-hydrogen) atoms. The molecule has 0 radical (unpaired) electrons. The Balaban J connectivity index is 1.87. The summed E-state index contributed by atoms with van der Waals surface area (Å²) in [4.78, 5) is 23.5. The summed E-state index contributed by atoms with van der Waals surface area (Å²) in [5.41, 5.74) is -0.215. The molecule has 0 atom stereocenters. The third-order valence-corrected chi connectivity index (χ3v) is 5.28. The molecule has 2 N–H and O–H groups in total. The first-order valence-corrected chi connectivity index (χ1v) is 8.41. The fraction of sp³-hybridized carbons (Fsp3) is 0.882. The summed E-state index contributed by atoms with van der Waals surface area (Å²) >= 11 is 0. The standard InChI is InChI=1S/C17H29NO4/c1-16(2)5-3-13(4-6-16)11-14(19)18-17(12-15(20)21)7-9-22-10-8-17/h13H,3-12H2,1-2H3,(H,18,19)(H,20,21). The van der Waals surface area contributed by atoms with Gasteiger partial charge in [-0.25, -0.2) is 0 Å². The lowest BCUT2D eigenvalue weighted by Gasteiger charge is -2.38. The Morgan fingerprint density at radius 3 is 2.27 bits per heavy atom. The zero-order valence-electron chi connectivity index (χ0n) is 13.8. The lowest BCUT2D eigenvalue weighted by molar-refractivity contribution is -0.140. The molecule has 2 fully saturated rings. The summed E-state index contributed by atoms with van der Waals surface area (Å²) in [7, 11) is 0. The molecule has 0 aromatic rings. The van der Waals surface area contributed by atoms with Crippen molar-refractivity contribution >= 4 is 11.9 Å². The van der Waals surface area contributed by atoms with E-state index < -0.39 is 11.5 Å². The molecule has 1 aliphatic heterocycles. The van der Waals surface area contributed by atoms with E-state index in [0.29, 0.717) is 43.8 Å². The Labute approximate surface area is 132 Å². The molecule has 2 aliphatic rings. The third-order valence-electron chi connectivity index (χ3n) is 5.28. The zero-order chi connectivity index (χ0) is 16.2. The van der Waals surface area contributed by atoms with Gasteiger partial charge in [-0.15, -0.1) is 0 Å². The average molecular weight is 311 g/mol. The van der Waals surface area contributed by atoms with Gasteiger partial charge in [-0.05, 0) is 49.9 Å². The van der Waals surface area contributed by atoms with Crippen molar-refractivity contribution in [2.75, 3.05) is 13.2 Å². The smallest absolute Gasteiger partial charge is 0.305 e. The van der Waals surface area contributed by atoms with Crippen LogP contribution in [-0.2, 0) is 14.3 Å². The van der Waals surface area contributed by atoms with Crippen molar-refractivity contribution in [2.45, 2.75) is 70.8 Å². The van der Waals surface area contributed by atoms with E-state index in [1.807, 2.05) is 0 Å². The van der Waals surface area contributed by atoms with Gasteiger partial charge < -0.3 is 15.2 Å². The number of rotatable bonds is 5. The summed E-state index contributed by atoms with van der Waals surface area (Å²) in [6.45, 7) is 5.61. The van der Waals surface area contributed by atoms with Crippen molar-refractivity contribution in [3.63, 3.8) is 0 Å². The highest BCUT2D eigenvalue weighted by atomic mass is 16.5. The van der Waals surface area contributed by atoms with E-state index in [1.165, 1.54) is 12.8 Å². The summed E-state index contributed by atoms with van der Waals surface area (Å²) in [5.74, 6) is -0.413. The van der Waals surface area contributed by atoms with Crippen LogP contribution in [0, 0.1) is 11.3 Å². The first-order chi connectivity index (χ1) is 10.3. The second kappa shape index (κ2) is 6.99. The van der Waals surface area contributed by atoms with Crippen LogP contribution in [0.3, 0.4) is 0 Å². The molecule has 5 nitrogen and oxygen atoms in total. The van der Waals surface area contributed by atoms with Gasteiger partial charge in [0.05, 0.1) is 12.0 Å². The number of hydrogen-bond donors (Lipinski definition) is 2. The van der Waals surface area contributed by atoms with Crippen molar-refractivity contribution < 1.29 is 19.4 Å². The number of nitrogens with one attached hydrogen (secondary N) is 1. The van der Waals surface area contributed by atoms with Gasteiger partial charge in [0.25, 0.3) is 0 Å². The molecule has 1 saturated carbocycles. The minimum Gasteiger partial charge on any atom is -0.481 e. The number of carboxylic acids is 1. The Hall–Kier alpha value is -1.10. The SMILES string of the molecule is CC1(C)CCC(CC(=O)NC2(CC(=O)O)CCOCC2)CC1. The molecule has 1 saturated heterocycles. The molecule has 0 aromatic heterocycles. The Morgan fingerprint density at radius 2 is 1.73 bits per heavy atom. The van der Waals surface area contributed by atoms with Gasteiger partial charge in [0, 0.05) is 19.6 Å². The van der Waals surface area contributed by atoms with E-state index in [-0.39, 0.29) is 12.3 Å². The van der Waals surface area contributed by atoms with Crippen LogP contribution < -0.4 is 5.32 Å². The van der Waals surface area contributed by atoms with Gasteiger partial charge in [0.1, 0.15) is 0 Å². The van der Waals surface area contributed by atoms with Crippen molar-refractivity contribution in [1.29, 1.82) is 0 Å². The molecule has 1 heterocycles. The van der Waals surface area contributed by atoms with Gasteiger partial charge in [-0.1, -0.05) is 13.8 Å². The van der Waals surface area contributed by atoms with Crippen LogP contribution in [0.5, 0.6) is 0 Å². The van der Waals surface area contributed by atoms with Crippen molar-refractivity contribution in [3.8, 4) is 0 Å². The van der Waals surface area contributed by atoms with Crippen molar-refractivity contribution in [1.82, 2.24) is 5.32 Å². The first kappa shape index (κ1) is 17.3. The fourth-order valence-electron chi connectivity index (χ4n) is 3.67. The highest BCUT2D eigenvalue weighted by Crippen LogP contribution is 2.39.